The van der Waals surface area contributed by atoms with Crippen molar-refractivity contribution in [1.29, 1.82) is 0 Å². The first-order valence-corrected chi connectivity index (χ1v) is 5.48. The summed E-state index contributed by atoms with van der Waals surface area (Å²) in [6, 6.07) is 6.40. The third-order valence-electron chi connectivity index (χ3n) is 2.92. The van der Waals surface area contributed by atoms with Crippen molar-refractivity contribution >= 4 is 16.7 Å². The molecule has 0 spiro atoms. The number of nitrogens with zero attached hydrogens (tertiary/aromatic N) is 3. The van der Waals surface area contributed by atoms with Crippen molar-refractivity contribution in [3.63, 3.8) is 0 Å². The number of nitrogens with two attached hydrogens (primary N) is 1. The van der Waals surface area contributed by atoms with Crippen LogP contribution in [0.15, 0.2) is 36.7 Å². The Labute approximate surface area is 103 Å². The van der Waals surface area contributed by atoms with Crippen molar-refractivity contribution < 1.29 is 4.39 Å². The number of hydrogen-bond acceptors (Lipinski definition) is 3. The van der Waals surface area contributed by atoms with Crippen molar-refractivity contribution in [1.82, 2.24) is 14.5 Å². The number of hydrogen-bond donors (Lipinski definition) is 1. The SMILES string of the molecule is Cn1c(-c2ccc(N)cc2F)nc2ccncc21. The molecule has 0 aliphatic carbocycles. The highest BCUT2D eigenvalue weighted by Gasteiger charge is 2.13. The first kappa shape index (κ1) is 10.7. The van der Waals surface area contributed by atoms with E-state index in [1.54, 1.807) is 30.6 Å². The minimum absolute atomic E-state index is 0.374. The maximum Gasteiger partial charge on any atom is 0.143 e. The van der Waals surface area contributed by atoms with Gasteiger partial charge in [0, 0.05) is 18.9 Å². The molecule has 0 fully saturated rings. The fourth-order valence-corrected chi connectivity index (χ4v) is 1.99. The van der Waals surface area contributed by atoms with E-state index in [0.29, 0.717) is 17.1 Å². The summed E-state index contributed by atoms with van der Waals surface area (Å²) in [4.78, 5) is 8.46. The Morgan fingerprint density at radius 3 is 2.83 bits per heavy atom. The van der Waals surface area contributed by atoms with Gasteiger partial charge in [0.15, 0.2) is 0 Å². The summed E-state index contributed by atoms with van der Waals surface area (Å²) >= 11 is 0. The Kier molecular flexibility index (Phi) is 2.26. The molecule has 2 aromatic heterocycles. The molecule has 3 rings (SSSR count). The number of nitrogen functional groups attached to an aromatic ring is 1. The van der Waals surface area contributed by atoms with E-state index in [0.717, 1.165) is 11.0 Å². The third kappa shape index (κ3) is 1.52. The lowest BCUT2D eigenvalue weighted by Crippen LogP contribution is -1.96. The van der Waals surface area contributed by atoms with Gasteiger partial charge in [-0.1, -0.05) is 0 Å². The molecule has 5 heteroatoms. The van der Waals surface area contributed by atoms with Gasteiger partial charge >= 0.3 is 0 Å². The number of anilines is 1. The topological polar surface area (TPSA) is 56.7 Å². The second kappa shape index (κ2) is 3.80. The average molecular weight is 242 g/mol. The number of fused-ring (bicyclic) bond motifs is 1. The van der Waals surface area contributed by atoms with Crippen LogP contribution in [-0.2, 0) is 7.05 Å². The van der Waals surface area contributed by atoms with Crippen LogP contribution in [0.25, 0.3) is 22.4 Å². The molecule has 0 amide bonds. The first-order chi connectivity index (χ1) is 8.66. The van der Waals surface area contributed by atoms with Crippen LogP contribution in [0.3, 0.4) is 0 Å². The van der Waals surface area contributed by atoms with E-state index in [-0.39, 0.29) is 5.82 Å². The normalized spacial score (nSPS) is 11.0. The number of aromatic nitrogens is 3. The van der Waals surface area contributed by atoms with E-state index < -0.39 is 0 Å². The zero-order chi connectivity index (χ0) is 12.7. The van der Waals surface area contributed by atoms with Crippen LogP contribution in [0.5, 0.6) is 0 Å². The fraction of sp³-hybridized carbons (Fsp3) is 0.0769. The molecule has 0 bridgehead atoms. The minimum atomic E-state index is -0.374. The standard InChI is InChI=1S/C13H11FN4/c1-18-12-7-16-5-4-11(12)17-13(18)9-3-2-8(15)6-10(9)14/h2-7H,15H2,1H3. The van der Waals surface area contributed by atoms with Gasteiger partial charge in [0.05, 0.1) is 22.8 Å². The number of rotatable bonds is 1. The molecule has 0 unspecified atom stereocenters. The molecule has 3 aromatic rings. The lowest BCUT2D eigenvalue weighted by atomic mass is 10.2. The lowest BCUT2D eigenvalue weighted by Gasteiger charge is -2.04. The Hall–Kier alpha value is -2.43. The van der Waals surface area contributed by atoms with E-state index in [1.807, 2.05) is 11.6 Å². The van der Waals surface area contributed by atoms with Crippen LogP contribution >= 0.6 is 0 Å². The minimum Gasteiger partial charge on any atom is -0.399 e. The summed E-state index contributed by atoms with van der Waals surface area (Å²) in [6.07, 6.45) is 3.37. The van der Waals surface area contributed by atoms with Crippen LogP contribution in [0, 0.1) is 5.82 Å². The van der Waals surface area contributed by atoms with Crippen LogP contribution in [-0.4, -0.2) is 14.5 Å². The molecular formula is C13H11FN4. The molecule has 2 heterocycles. The molecule has 0 aliphatic rings. The molecule has 0 saturated heterocycles. The quantitative estimate of drug-likeness (QED) is 0.666. The van der Waals surface area contributed by atoms with Gasteiger partial charge in [0.1, 0.15) is 11.6 Å². The molecule has 0 saturated carbocycles. The molecule has 0 aliphatic heterocycles. The van der Waals surface area contributed by atoms with Crippen molar-refractivity contribution in [2.75, 3.05) is 5.73 Å². The molecule has 2 N–H and O–H groups in total. The maximum absolute atomic E-state index is 13.9. The highest BCUT2D eigenvalue weighted by Crippen LogP contribution is 2.26. The summed E-state index contributed by atoms with van der Waals surface area (Å²) in [6.45, 7) is 0. The highest BCUT2D eigenvalue weighted by molar-refractivity contribution is 5.79. The monoisotopic (exact) mass is 242 g/mol. The first-order valence-electron chi connectivity index (χ1n) is 5.48. The van der Waals surface area contributed by atoms with Crippen molar-refractivity contribution in [3.8, 4) is 11.4 Å². The van der Waals surface area contributed by atoms with Crippen LogP contribution in [0.1, 0.15) is 0 Å². The van der Waals surface area contributed by atoms with Gasteiger partial charge in [0.2, 0.25) is 0 Å². The van der Waals surface area contributed by atoms with E-state index in [4.69, 9.17) is 5.73 Å². The molecule has 1 aromatic carbocycles. The largest absolute Gasteiger partial charge is 0.399 e. The summed E-state index contributed by atoms with van der Waals surface area (Å²) in [7, 11) is 1.84. The molecule has 0 atom stereocenters. The number of pyridine rings is 1. The van der Waals surface area contributed by atoms with Gasteiger partial charge in [0.25, 0.3) is 0 Å². The van der Waals surface area contributed by atoms with Gasteiger partial charge in [-0.15, -0.1) is 0 Å². The van der Waals surface area contributed by atoms with E-state index in [2.05, 4.69) is 9.97 Å². The number of aryl methyl sites for hydroxylation is 1. The van der Waals surface area contributed by atoms with Crippen LogP contribution in [0.2, 0.25) is 0 Å². The predicted molar refractivity (Wildman–Crippen MR) is 68.3 cm³/mol. The van der Waals surface area contributed by atoms with Gasteiger partial charge in [-0.3, -0.25) is 4.98 Å². The molecular weight excluding hydrogens is 231 g/mol. The smallest absolute Gasteiger partial charge is 0.143 e. The summed E-state index contributed by atoms with van der Waals surface area (Å²) < 4.78 is 15.7. The number of halogens is 1. The molecule has 90 valence electrons. The van der Waals surface area contributed by atoms with E-state index >= 15 is 0 Å². The Morgan fingerprint density at radius 2 is 2.11 bits per heavy atom. The number of imidazole rings is 1. The summed E-state index contributed by atoms with van der Waals surface area (Å²) in [5, 5.41) is 0. The maximum atomic E-state index is 13.9. The molecule has 4 nitrogen and oxygen atoms in total. The fourth-order valence-electron chi connectivity index (χ4n) is 1.99. The second-order valence-electron chi connectivity index (χ2n) is 4.10. The predicted octanol–water partition coefficient (Wildman–Crippen LogP) is 2.36. The third-order valence-corrected chi connectivity index (χ3v) is 2.92. The lowest BCUT2D eigenvalue weighted by molar-refractivity contribution is 0.629. The van der Waals surface area contributed by atoms with Gasteiger partial charge < -0.3 is 10.3 Å². The Morgan fingerprint density at radius 1 is 1.28 bits per heavy atom. The van der Waals surface area contributed by atoms with Gasteiger partial charge in [-0.05, 0) is 24.3 Å². The van der Waals surface area contributed by atoms with E-state index in [9.17, 15) is 4.39 Å². The van der Waals surface area contributed by atoms with Gasteiger partial charge in [-0.2, -0.15) is 0 Å². The highest BCUT2D eigenvalue weighted by atomic mass is 19.1. The second-order valence-corrected chi connectivity index (χ2v) is 4.10. The average Bonchev–Trinajstić information content (AvgIpc) is 2.68. The van der Waals surface area contributed by atoms with E-state index in [1.165, 1.54) is 6.07 Å². The Bertz CT molecular complexity index is 733. The van der Waals surface area contributed by atoms with Crippen molar-refractivity contribution in [2.45, 2.75) is 0 Å². The molecule has 0 radical (unpaired) electrons. The zero-order valence-corrected chi connectivity index (χ0v) is 9.76. The summed E-state index contributed by atoms with van der Waals surface area (Å²) in [5.74, 6) is 0.192. The van der Waals surface area contributed by atoms with Crippen LogP contribution < -0.4 is 5.73 Å². The number of benzene rings is 1. The van der Waals surface area contributed by atoms with Crippen LogP contribution in [0.4, 0.5) is 10.1 Å². The van der Waals surface area contributed by atoms with Crippen molar-refractivity contribution in [3.05, 3.63) is 42.5 Å². The van der Waals surface area contributed by atoms with Crippen molar-refractivity contribution in [2.24, 2.45) is 7.05 Å². The zero-order valence-electron chi connectivity index (χ0n) is 9.76. The summed E-state index contributed by atoms with van der Waals surface area (Å²) in [5.41, 5.74) is 8.03. The Balaban J connectivity index is 2.28. The van der Waals surface area contributed by atoms with Gasteiger partial charge in [-0.25, -0.2) is 9.37 Å². The molecule has 18 heavy (non-hydrogen) atoms.